The van der Waals surface area contributed by atoms with Gasteiger partial charge >= 0.3 is 0 Å². The normalized spacial score (nSPS) is 11.1. The minimum Gasteiger partial charge on any atom is -0.483 e. The molecular formula is C22H23N5O2S. The molecule has 0 saturated carbocycles. The molecule has 0 unspecified atom stereocenters. The molecule has 2 heterocycles. The summed E-state index contributed by atoms with van der Waals surface area (Å²) in [4.78, 5) is 13.2. The number of aromatic nitrogens is 4. The Morgan fingerprint density at radius 3 is 2.70 bits per heavy atom. The Morgan fingerprint density at radius 2 is 1.93 bits per heavy atom. The maximum absolute atomic E-state index is 12.5. The summed E-state index contributed by atoms with van der Waals surface area (Å²) in [5, 5.41) is 16.7. The predicted octanol–water partition coefficient (Wildman–Crippen LogP) is 4.36. The number of hydrogen-bond donors (Lipinski definition) is 1. The van der Waals surface area contributed by atoms with Crippen LogP contribution in [0.1, 0.15) is 29.4 Å². The summed E-state index contributed by atoms with van der Waals surface area (Å²) in [7, 11) is 0. The Labute approximate surface area is 178 Å². The number of fused-ring (bicyclic) bond motifs is 1. The van der Waals surface area contributed by atoms with E-state index in [1.54, 1.807) is 4.52 Å². The first-order valence-corrected chi connectivity index (χ1v) is 10.6. The fourth-order valence-electron chi connectivity index (χ4n) is 3.18. The second-order valence-corrected chi connectivity index (χ2v) is 8.16. The van der Waals surface area contributed by atoms with E-state index >= 15 is 0 Å². The SMILES string of the molecule is CCc1nnc2sc(-c3ccc(C)c(NC(=O)COc4ccc(C)cc4C)c3)nn12. The third kappa shape index (κ3) is 4.04. The molecule has 0 fully saturated rings. The molecule has 0 spiro atoms. The van der Waals surface area contributed by atoms with Crippen LogP contribution in [0, 0.1) is 20.8 Å². The average Bonchev–Trinajstić information content (AvgIpc) is 3.29. The molecule has 0 saturated heterocycles. The molecule has 4 rings (SSSR count). The van der Waals surface area contributed by atoms with Gasteiger partial charge in [-0.15, -0.1) is 10.2 Å². The van der Waals surface area contributed by atoms with Crippen molar-refractivity contribution in [3.05, 3.63) is 58.9 Å². The number of hydrogen-bond acceptors (Lipinski definition) is 6. The molecule has 2 aromatic heterocycles. The van der Waals surface area contributed by atoms with Gasteiger partial charge in [-0.05, 0) is 44.0 Å². The van der Waals surface area contributed by atoms with Crippen molar-refractivity contribution in [3.63, 3.8) is 0 Å². The highest BCUT2D eigenvalue weighted by molar-refractivity contribution is 7.19. The smallest absolute Gasteiger partial charge is 0.262 e. The van der Waals surface area contributed by atoms with Crippen LogP contribution in [0.2, 0.25) is 0 Å². The zero-order chi connectivity index (χ0) is 21.3. The zero-order valence-electron chi connectivity index (χ0n) is 17.4. The summed E-state index contributed by atoms with van der Waals surface area (Å²) < 4.78 is 7.47. The van der Waals surface area contributed by atoms with Crippen molar-refractivity contribution < 1.29 is 9.53 Å². The van der Waals surface area contributed by atoms with Crippen LogP contribution in [0.3, 0.4) is 0 Å². The van der Waals surface area contributed by atoms with Gasteiger partial charge < -0.3 is 10.1 Å². The molecule has 154 valence electrons. The topological polar surface area (TPSA) is 81.4 Å². The number of anilines is 1. The van der Waals surface area contributed by atoms with Gasteiger partial charge in [-0.2, -0.15) is 9.61 Å². The lowest BCUT2D eigenvalue weighted by atomic mass is 10.1. The first-order chi connectivity index (χ1) is 14.4. The molecule has 8 heteroatoms. The van der Waals surface area contributed by atoms with Gasteiger partial charge in [-0.3, -0.25) is 4.79 Å². The Bertz CT molecular complexity index is 1230. The van der Waals surface area contributed by atoms with Gasteiger partial charge in [0, 0.05) is 17.7 Å². The number of carbonyl (C=O) groups is 1. The van der Waals surface area contributed by atoms with Gasteiger partial charge in [0.2, 0.25) is 4.96 Å². The highest BCUT2D eigenvalue weighted by Gasteiger charge is 2.14. The van der Waals surface area contributed by atoms with Crippen LogP contribution < -0.4 is 10.1 Å². The molecule has 1 N–H and O–H groups in total. The van der Waals surface area contributed by atoms with Crippen molar-refractivity contribution in [2.45, 2.75) is 34.1 Å². The van der Waals surface area contributed by atoms with E-state index in [0.717, 1.165) is 50.2 Å². The molecule has 1 amide bonds. The molecule has 0 aliphatic carbocycles. The van der Waals surface area contributed by atoms with Gasteiger partial charge in [-0.25, -0.2) is 0 Å². The lowest BCUT2D eigenvalue weighted by molar-refractivity contribution is -0.118. The Balaban J connectivity index is 1.49. The Morgan fingerprint density at radius 1 is 1.10 bits per heavy atom. The molecule has 7 nitrogen and oxygen atoms in total. The van der Waals surface area contributed by atoms with E-state index in [4.69, 9.17) is 4.74 Å². The van der Waals surface area contributed by atoms with E-state index in [1.807, 2.05) is 64.1 Å². The summed E-state index contributed by atoms with van der Waals surface area (Å²) in [6.07, 6.45) is 0.764. The summed E-state index contributed by atoms with van der Waals surface area (Å²) in [6.45, 7) is 7.93. The largest absolute Gasteiger partial charge is 0.483 e. The molecule has 0 atom stereocenters. The second kappa shape index (κ2) is 8.23. The number of benzene rings is 2. The van der Waals surface area contributed by atoms with Gasteiger partial charge in [0.15, 0.2) is 12.4 Å². The number of amides is 1. The highest BCUT2D eigenvalue weighted by Crippen LogP contribution is 2.29. The zero-order valence-corrected chi connectivity index (χ0v) is 18.2. The minimum atomic E-state index is -0.207. The summed E-state index contributed by atoms with van der Waals surface area (Å²) in [6, 6.07) is 11.8. The van der Waals surface area contributed by atoms with Crippen LogP contribution in [0.5, 0.6) is 5.75 Å². The highest BCUT2D eigenvalue weighted by atomic mass is 32.1. The van der Waals surface area contributed by atoms with Gasteiger partial charge in [0.25, 0.3) is 5.91 Å². The standard InChI is InChI=1S/C22H23N5O2S/c1-5-19-24-25-22-27(19)26-21(30-22)16-8-7-14(3)17(11-16)23-20(28)12-29-18-9-6-13(2)10-15(18)4/h6-11H,5,12H2,1-4H3,(H,23,28). The summed E-state index contributed by atoms with van der Waals surface area (Å²) >= 11 is 1.47. The van der Waals surface area contributed by atoms with Crippen molar-refractivity contribution in [2.75, 3.05) is 11.9 Å². The minimum absolute atomic E-state index is 0.0514. The number of carbonyl (C=O) groups excluding carboxylic acids is 1. The van der Waals surface area contributed by atoms with E-state index in [1.165, 1.54) is 11.3 Å². The predicted molar refractivity (Wildman–Crippen MR) is 118 cm³/mol. The fraction of sp³-hybridized carbons (Fsp3) is 0.273. The van der Waals surface area contributed by atoms with Crippen LogP contribution in [-0.4, -0.2) is 32.3 Å². The van der Waals surface area contributed by atoms with Crippen LogP contribution in [0.4, 0.5) is 5.69 Å². The summed E-state index contributed by atoms with van der Waals surface area (Å²) in [5.74, 6) is 1.34. The van der Waals surface area contributed by atoms with E-state index in [2.05, 4.69) is 20.6 Å². The molecular weight excluding hydrogens is 398 g/mol. The van der Waals surface area contributed by atoms with E-state index in [9.17, 15) is 4.79 Å². The molecule has 0 radical (unpaired) electrons. The van der Waals surface area contributed by atoms with Crippen molar-refractivity contribution in [3.8, 4) is 16.3 Å². The fourth-order valence-corrected chi connectivity index (χ4v) is 4.03. The van der Waals surface area contributed by atoms with Crippen molar-refractivity contribution in [1.29, 1.82) is 0 Å². The van der Waals surface area contributed by atoms with Crippen molar-refractivity contribution in [2.24, 2.45) is 0 Å². The van der Waals surface area contributed by atoms with Crippen LogP contribution in [0.15, 0.2) is 36.4 Å². The maximum atomic E-state index is 12.5. The first kappa shape index (κ1) is 20.0. The summed E-state index contributed by atoms with van der Waals surface area (Å²) in [5.41, 5.74) is 4.80. The molecule has 0 bridgehead atoms. The third-order valence-electron chi connectivity index (χ3n) is 4.82. The van der Waals surface area contributed by atoms with E-state index in [0.29, 0.717) is 5.75 Å². The maximum Gasteiger partial charge on any atom is 0.262 e. The number of nitrogens with zero attached hydrogens (tertiary/aromatic N) is 4. The number of ether oxygens (including phenoxy) is 1. The molecule has 30 heavy (non-hydrogen) atoms. The molecule has 0 aliphatic heterocycles. The lowest BCUT2D eigenvalue weighted by Gasteiger charge is -2.12. The van der Waals surface area contributed by atoms with Crippen molar-refractivity contribution >= 4 is 27.9 Å². The molecule has 2 aromatic carbocycles. The van der Waals surface area contributed by atoms with Crippen LogP contribution in [0.25, 0.3) is 15.5 Å². The first-order valence-electron chi connectivity index (χ1n) is 9.76. The number of rotatable bonds is 6. The van der Waals surface area contributed by atoms with Crippen molar-refractivity contribution in [1.82, 2.24) is 19.8 Å². The third-order valence-corrected chi connectivity index (χ3v) is 5.77. The van der Waals surface area contributed by atoms with E-state index < -0.39 is 0 Å². The number of aryl methyl sites for hydroxylation is 4. The molecule has 0 aliphatic rings. The van der Waals surface area contributed by atoms with Crippen LogP contribution in [-0.2, 0) is 11.2 Å². The van der Waals surface area contributed by atoms with Gasteiger partial charge in [0.1, 0.15) is 10.8 Å². The molecule has 4 aromatic rings. The Kier molecular flexibility index (Phi) is 5.50. The quantitative estimate of drug-likeness (QED) is 0.500. The van der Waals surface area contributed by atoms with Crippen LogP contribution >= 0.6 is 11.3 Å². The number of nitrogens with one attached hydrogen (secondary N) is 1. The lowest BCUT2D eigenvalue weighted by Crippen LogP contribution is -2.21. The van der Waals surface area contributed by atoms with E-state index in [-0.39, 0.29) is 12.5 Å². The van der Waals surface area contributed by atoms with Gasteiger partial charge in [0.05, 0.1) is 0 Å². The average molecular weight is 422 g/mol. The van der Waals surface area contributed by atoms with Gasteiger partial charge in [-0.1, -0.05) is 48.1 Å². The second-order valence-electron chi connectivity index (χ2n) is 7.21. The Hall–Kier alpha value is -3.26. The monoisotopic (exact) mass is 421 g/mol.